The Balaban J connectivity index is 3.30. The zero-order valence-electron chi connectivity index (χ0n) is 12.8. The molecule has 4 nitrogen and oxygen atoms in total. The van der Waals surface area contributed by atoms with Crippen LogP contribution in [0.3, 0.4) is 0 Å². The molecule has 0 aromatic heterocycles. The molecule has 1 rings (SSSR count). The van der Waals surface area contributed by atoms with Crippen LogP contribution in [0.2, 0.25) is 0 Å². The van der Waals surface area contributed by atoms with Crippen LogP contribution in [0, 0.1) is 0 Å². The van der Waals surface area contributed by atoms with Crippen LogP contribution in [0.5, 0.6) is 0 Å². The van der Waals surface area contributed by atoms with E-state index in [-0.39, 0.29) is 5.73 Å². The predicted molar refractivity (Wildman–Crippen MR) is 80.3 cm³/mol. The summed E-state index contributed by atoms with van der Waals surface area (Å²) in [5, 5.41) is 0. The van der Waals surface area contributed by atoms with Gasteiger partial charge in [-0.3, -0.25) is 0 Å². The third-order valence-corrected chi connectivity index (χ3v) is 4.61. The zero-order chi connectivity index (χ0) is 14.5. The van der Waals surface area contributed by atoms with E-state index in [9.17, 15) is 0 Å². The van der Waals surface area contributed by atoms with E-state index in [1.54, 1.807) is 21.3 Å². The van der Waals surface area contributed by atoms with Crippen LogP contribution in [0.15, 0.2) is 24.3 Å². The molecule has 0 bridgehead atoms. The molecule has 0 amide bonds. The SMILES string of the molecule is COC([SiH3])C(OC)(OC)c1ccccc1CN(C)C. The second-order valence-electron chi connectivity index (χ2n) is 4.85. The lowest BCUT2D eigenvalue weighted by Gasteiger charge is -2.37. The van der Waals surface area contributed by atoms with Gasteiger partial charge >= 0.3 is 0 Å². The van der Waals surface area contributed by atoms with Gasteiger partial charge in [0.1, 0.15) is 0 Å². The van der Waals surface area contributed by atoms with Crippen molar-refractivity contribution in [2.45, 2.75) is 18.1 Å². The van der Waals surface area contributed by atoms with Gasteiger partial charge in [0.25, 0.3) is 0 Å². The molecule has 108 valence electrons. The van der Waals surface area contributed by atoms with Crippen molar-refractivity contribution in [2.24, 2.45) is 0 Å². The van der Waals surface area contributed by atoms with Gasteiger partial charge in [0.05, 0.1) is 5.73 Å². The Morgan fingerprint density at radius 2 is 1.74 bits per heavy atom. The summed E-state index contributed by atoms with van der Waals surface area (Å²) in [5.41, 5.74) is 2.15. The predicted octanol–water partition coefficient (Wildman–Crippen LogP) is 0.532. The summed E-state index contributed by atoms with van der Waals surface area (Å²) in [6.45, 7) is 0.836. The molecule has 0 saturated heterocycles. The average molecular weight is 283 g/mol. The van der Waals surface area contributed by atoms with Crippen molar-refractivity contribution in [3.8, 4) is 0 Å². The van der Waals surface area contributed by atoms with Crippen molar-refractivity contribution in [1.29, 1.82) is 0 Å². The number of hydrogen-bond acceptors (Lipinski definition) is 4. The molecule has 0 aliphatic rings. The molecule has 0 aliphatic heterocycles. The molecule has 0 saturated carbocycles. The third-order valence-electron chi connectivity index (χ3n) is 3.37. The number of ether oxygens (including phenoxy) is 3. The number of hydrogen-bond donors (Lipinski definition) is 0. The van der Waals surface area contributed by atoms with Gasteiger partial charge in [0.15, 0.2) is 0 Å². The number of rotatable bonds is 7. The van der Waals surface area contributed by atoms with Crippen LogP contribution in [-0.2, 0) is 26.5 Å². The van der Waals surface area contributed by atoms with E-state index >= 15 is 0 Å². The zero-order valence-corrected chi connectivity index (χ0v) is 14.8. The largest absolute Gasteiger partial charge is 0.380 e. The van der Waals surface area contributed by atoms with Crippen molar-refractivity contribution < 1.29 is 14.2 Å². The molecule has 5 heteroatoms. The molecule has 0 radical (unpaired) electrons. The summed E-state index contributed by atoms with van der Waals surface area (Å²) in [6.07, 6.45) is 0. The van der Waals surface area contributed by atoms with Gasteiger partial charge in [-0.25, -0.2) is 0 Å². The van der Waals surface area contributed by atoms with Crippen LogP contribution in [-0.4, -0.2) is 56.3 Å². The van der Waals surface area contributed by atoms with E-state index in [4.69, 9.17) is 14.2 Å². The summed E-state index contributed by atoms with van der Waals surface area (Å²) < 4.78 is 16.9. The minimum atomic E-state index is -0.826. The molecular formula is C14H25NO3Si. The summed E-state index contributed by atoms with van der Waals surface area (Å²) in [7, 11) is 9.93. The number of nitrogens with zero attached hydrogens (tertiary/aromatic N) is 1. The second kappa shape index (κ2) is 7.16. The Kier molecular flexibility index (Phi) is 6.16. The average Bonchev–Trinajstić information content (AvgIpc) is 2.41. The summed E-state index contributed by atoms with van der Waals surface area (Å²) in [4.78, 5) is 2.13. The van der Waals surface area contributed by atoms with Crippen LogP contribution < -0.4 is 0 Å². The van der Waals surface area contributed by atoms with E-state index in [1.807, 2.05) is 26.2 Å². The molecule has 0 N–H and O–H groups in total. The molecule has 0 aliphatic carbocycles. The Labute approximate surface area is 119 Å². The Morgan fingerprint density at radius 1 is 1.16 bits per heavy atom. The van der Waals surface area contributed by atoms with Crippen LogP contribution in [0.4, 0.5) is 0 Å². The molecule has 0 fully saturated rings. The number of benzene rings is 1. The van der Waals surface area contributed by atoms with Gasteiger partial charge in [-0.2, -0.15) is 0 Å². The summed E-state index contributed by atoms with van der Waals surface area (Å²) in [6, 6.07) is 8.19. The first kappa shape index (κ1) is 16.3. The third kappa shape index (κ3) is 3.43. The van der Waals surface area contributed by atoms with Gasteiger partial charge in [-0.1, -0.05) is 24.3 Å². The normalized spacial score (nSPS) is 14.0. The van der Waals surface area contributed by atoms with Crippen molar-refractivity contribution in [2.75, 3.05) is 35.4 Å². The molecule has 0 heterocycles. The van der Waals surface area contributed by atoms with E-state index in [0.29, 0.717) is 0 Å². The van der Waals surface area contributed by atoms with Crippen molar-refractivity contribution in [3.05, 3.63) is 35.4 Å². The fourth-order valence-electron chi connectivity index (χ4n) is 2.35. The lowest BCUT2D eigenvalue weighted by atomic mass is 9.98. The first-order valence-electron chi connectivity index (χ1n) is 6.38. The molecule has 1 atom stereocenters. The van der Waals surface area contributed by atoms with E-state index in [2.05, 4.69) is 17.0 Å². The van der Waals surface area contributed by atoms with Gasteiger partial charge in [0, 0.05) is 43.7 Å². The highest BCUT2D eigenvalue weighted by Crippen LogP contribution is 2.33. The first-order valence-corrected chi connectivity index (χ1v) is 7.53. The monoisotopic (exact) mass is 283 g/mol. The van der Waals surface area contributed by atoms with Crippen molar-refractivity contribution in [1.82, 2.24) is 4.90 Å². The van der Waals surface area contributed by atoms with Crippen LogP contribution >= 0.6 is 0 Å². The maximum atomic E-state index is 5.72. The Bertz CT molecular complexity index is 394. The topological polar surface area (TPSA) is 30.9 Å². The van der Waals surface area contributed by atoms with E-state index in [1.165, 1.54) is 5.56 Å². The molecule has 1 unspecified atom stereocenters. The van der Waals surface area contributed by atoms with Crippen LogP contribution in [0.1, 0.15) is 11.1 Å². The fourth-order valence-corrected chi connectivity index (χ4v) is 3.13. The van der Waals surface area contributed by atoms with Gasteiger partial charge in [-0.15, -0.1) is 0 Å². The molecule has 0 spiro atoms. The van der Waals surface area contributed by atoms with E-state index < -0.39 is 5.79 Å². The maximum Gasteiger partial charge on any atom is 0.217 e. The van der Waals surface area contributed by atoms with Crippen molar-refractivity contribution in [3.63, 3.8) is 0 Å². The molecule has 1 aromatic rings. The lowest BCUT2D eigenvalue weighted by molar-refractivity contribution is -0.254. The summed E-state index contributed by atoms with van der Waals surface area (Å²) >= 11 is 0. The van der Waals surface area contributed by atoms with Crippen molar-refractivity contribution >= 4 is 10.2 Å². The fraction of sp³-hybridized carbons (Fsp3) is 0.571. The van der Waals surface area contributed by atoms with Gasteiger partial charge < -0.3 is 19.1 Å². The standard InChI is InChI=1S/C14H25NO3Si/c1-15(2)10-11-8-6-7-9-12(11)14(17-4,18-5)13(19)16-3/h6-9,13H,10H2,1-5,19H3. The number of methoxy groups -OCH3 is 3. The minimum absolute atomic E-state index is 0.0780. The highest BCUT2D eigenvalue weighted by molar-refractivity contribution is 6.11. The maximum absolute atomic E-state index is 5.72. The highest BCUT2D eigenvalue weighted by Gasteiger charge is 2.40. The highest BCUT2D eigenvalue weighted by atomic mass is 28.1. The van der Waals surface area contributed by atoms with Gasteiger partial charge in [-0.05, 0) is 19.7 Å². The Hall–Kier alpha value is -0.723. The molecular weight excluding hydrogens is 258 g/mol. The molecule has 19 heavy (non-hydrogen) atoms. The molecule has 1 aromatic carbocycles. The second-order valence-corrected chi connectivity index (χ2v) is 5.90. The van der Waals surface area contributed by atoms with Crippen LogP contribution in [0.25, 0.3) is 0 Å². The lowest BCUT2D eigenvalue weighted by Crippen LogP contribution is -2.45. The summed E-state index contributed by atoms with van der Waals surface area (Å²) in [5.74, 6) is -0.826. The first-order chi connectivity index (χ1) is 9.01. The Morgan fingerprint density at radius 3 is 2.21 bits per heavy atom. The van der Waals surface area contributed by atoms with Gasteiger partial charge in [0.2, 0.25) is 5.79 Å². The quantitative estimate of drug-likeness (QED) is 0.540. The minimum Gasteiger partial charge on any atom is -0.380 e. The van der Waals surface area contributed by atoms with E-state index in [0.717, 1.165) is 22.4 Å². The smallest absolute Gasteiger partial charge is 0.217 e.